The molecule has 0 saturated carbocycles. The van der Waals surface area contributed by atoms with Gasteiger partial charge < -0.3 is 9.05 Å². The van der Waals surface area contributed by atoms with Gasteiger partial charge in [-0.25, -0.2) is 4.57 Å². The quantitative estimate of drug-likeness (QED) is 0.493. The second-order valence-electron chi connectivity index (χ2n) is 5.27. The van der Waals surface area contributed by atoms with Gasteiger partial charge in [-0.2, -0.15) is 5.09 Å². The Morgan fingerprint density at radius 1 is 0.760 bits per heavy atom. The third-order valence-electron chi connectivity index (χ3n) is 3.33. The number of nitrogens with one attached hydrogen (secondary N) is 1. The highest BCUT2D eigenvalue weighted by Gasteiger charge is 2.28. The summed E-state index contributed by atoms with van der Waals surface area (Å²) in [6.45, 7) is 0.351. The zero-order valence-corrected chi connectivity index (χ0v) is 15.8. The van der Waals surface area contributed by atoms with Gasteiger partial charge in [0.2, 0.25) is 0 Å². The van der Waals surface area contributed by atoms with Crippen LogP contribution in [0, 0.1) is 0 Å². The van der Waals surface area contributed by atoms with E-state index in [0.717, 1.165) is 10.0 Å². The molecule has 3 aromatic rings. The minimum absolute atomic E-state index is 0.351. The van der Waals surface area contributed by atoms with Crippen molar-refractivity contribution in [2.75, 3.05) is 0 Å². The van der Waals surface area contributed by atoms with E-state index >= 15 is 0 Å². The molecule has 0 atom stereocenters. The molecule has 0 heterocycles. The molecular formula is C19H17BrNO3P. The summed E-state index contributed by atoms with van der Waals surface area (Å²) in [5.74, 6) is 0.954. The first-order valence-corrected chi connectivity index (χ1v) is 10.1. The standard InChI is InChI=1S/C19H17BrNO3P/c20-17-13-11-16(12-14-17)15-21-25(22,23-18-7-3-1-4-8-18)24-19-9-5-2-6-10-19/h1-14H,15H2,(H,21,22). The molecule has 0 aliphatic rings. The van der Waals surface area contributed by atoms with Crippen LogP contribution in [0.15, 0.2) is 89.4 Å². The lowest BCUT2D eigenvalue weighted by Crippen LogP contribution is -2.18. The van der Waals surface area contributed by atoms with Crippen LogP contribution in [0.3, 0.4) is 0 Å². The van der Waals surface area contributed by atoms with E-state index in [1.807, 2.05) is 60.7 Å². The van der Waals surface area contributed by atoms with Crippen molar-refractivity contribution in [3.8, 4) is 11.5 Å². The third kappa shape index (κ3) is 5.46. The Morgan fingerprint density at radius 3 is 1.72 bits per heavy atom. The van der Waals surface area contributed by atoms with Gasteiger partial charge in [-0.05, 0) is 42.0 Å². The van der Waals surface area contributed by atoms with Crippen LogP contribution in [0.4, 0.5) is 0 Å². The van der Waals surface area contributed by atoms with E-state index in [1.54, 1.807) is 24.3 Å². The second-order valence-corrected chi connectivity index (χ2v) is 7.86. The van der Waals surface area contributed by atoms with Crippen molar-refractivity contribution < 1.29 is 13.6 Å². The number of benzene rings is 3. The molecule has 6 heteroatoms. The molecule has 0 aliphatic carbocycles. The molecule has 0 aliphatic heterocycles. The molecule has 128 valence electrons. The second kappa shape index (κ2) is 8.34. The lowest BCUT2D eigenvalue weighted by molar-refractivity contribution is 0.370. The van der Waals surface area contributed by atoms with Gasteiger partial charge in [0.15, 0.2) is 0 Å². The van der Waals surface area contributed by atoms with E-state index in [9.17, 15) is 4.57 Å². The summed E-state index contributed by atoms with van der Waals surface area (Å²) in [4.78, 5) is 0. The van der Waals surface area contributed by atoms with Crippen molar-refractivity contribution in [2.45, 2.75) is 6.54 Å². The minimum Gasteiger partial charge on any atom is -0.405 e. The molecule has 0 fully saturated rings. The third-order valence-corrected chi connectivity index (χ3v) is 5.30. The molecule has 25 heavy (non-hydrogen) atoms. The van der Waals surface area contributed by atoms with E-state index in [0.29, 0.717) is 18.0 Å². The zero-order chi connectivity index (χ0) is 17.5. The van der Waals surface area contributed by atoms with Crippen LogP contribution in [0.5, 0.6) is 11.5 Å². The number of hydrogen-bond acceptors (Lipinski definition) is 3. The first kappa shape index (κ1) is 17.7. The van der Waals surface area contributed by atoms with Crippen molar-refractivity contribution in [1.29, 1.82) is 0 Å². The predicted octanol–water partition coefficient (Wildman–Crippen LogP) is 5.80. The van der Waals surface area contributed by atoms with Crippen LogP contribution < -0.4 is 14.1 Å². The summed E-state index contributed by atoms with van der Waals surface area (Å²) >= 11 is 3.40. The fraction of sp³-hybridized carbons (Fsp3) is 0.0526. The summed E-state index contributed by atoms with van der Waals surface area (Å²) < 4.78 is 25.5. The Kier molecular flexibility index (Phi) is 5.92. The molecule has 0 saturated heterocycles. The molecular weight excluding hydrogens is 401 g/mol. The normalized spacial score (nSPS) is 11.1. The van der Waals surface area contributed by atoms with E-state index < -0.39 is 7.75 Å². The number of para-hydroxylation sites is 2. The van der Waals surface area contributed by atoms with Gasteiger partial charge in [0, 0.05) is 11.0 Å². The molecule has 0 amide bonds. The van der Waals surface area contributed by atoms with Crippen LogP contribution in [0.25, 0.3) is 0 Å². The molecule has 0 aromatic heterocycles. The topological polar surface area (TPSA) is 47.6 Å². The maximum Gasteiger partial charge on any atom is 0.513 e. The summed E-state index contributed by atoms with van der Waals surface area (Å²) in [6.07, 6.45) is 0. The monoisotopic (exact) mass is 417 g/mol. The lowest BCUT2D eigenvalue weighted by atomic mass is 10.2. The van der Waals surface area contributed by atoms with Gasteiger partial charge in [-0.1, -0.05) is 64.5 Å². The van der Waals surface area contributed by atoms with Gasteiger partial charge in [0.05, 0.1) is 0 Å². The van der Waals surface area contributed by atoms with Crippen molar-refractivity contribution >= 4 is 23.7 Å². The molecule has 4 nitrogen and oxygen atoms in total. The molecule has 0 unspecified atom stereocenters. The van der Waals surface area contributed by atoms with Gasteiger partial charge in [-0.3, -0.25) is 0 Å². The van der Waals surface area contributed by atoms with Gasteiger partial charge in [0.1, 0.15) is 11.5 Å². The van der Waals surface area contributed by atoms with Crippen molar-refractivity contribution in [3.05, 3.63) is 95.0 Å². The Balaban J connectivity index is 1.77. The van der Waals surface area contributed by atoms with Crippen LogP contribution >= 0.6 is 23.7 Å². The largest absolute Gasteiger partial charge is 0.513 e. The lowest BCUT2D eigenvalue weighted by Gasteiger charge is -2.20. The first-order chi connectivity index (χ1) is 12.1. The Morgan fingerprint density at radius 2 is 1.24 bits per heavy atom. The molecule has 1 N–H and O–H groups in total. The molecule has 0 spiro atoms. The SMILES string of the molecule is O=P(NCc1ccc(Br)cc1)(Oc1ccccc1)Oc1ccccc1. The Bertz CT molecular complexity index is 796. The number of rotatable bonds is 7. The highest BCUT2D eigenvalue weighted by atomic mass is 79.9. The molecule has 0 radical (unpaired) electrons. The van der Waals surface area contributed by atoms with Crippen molar-refractivity contribution in [2.24, 2.45) is 0 Å². The average Bonchev–Trinajstić information content (AvgIpc) is 2.63. The predicted molar refractivity (Wildman–Crippen MR) is 103 cm³/mol. The highest BCUT2D eigenvalue weighted by Crippen LogP contribution is 2.44. The Hall–Kier alpha value is -2.07. The van der Waals surface area contributed by atoms with Gasteiger partial charge >= 0.3 is 7.75 Å². The van der Waals surface area contributed by atoms with Crippen LogP contribution in [0.1, 0.15) is 5.56 Å². The van der Waals surface area contributed by atoms with Crippen LogP contribution in [0.2, 0.25) is 0 Å². The van der Waals surface area contributed by atoms with Crippen LogP contribution in [-0.4, -0.2) is 0 Å². The summed E-state index contributed by atoms with van der Waals surface area (Å²) in [5.41, 5.74) is 0.969. The zero-order valence-electron chi connectivity index (χ0n) is 13.3. The molecule has 0 bridgehead atoms. The van der Waals surface area contributed by atoms with Gasteiger partial charge in [-0.15, -0.1) is 0 Å². The maximum atomic E-state index is 13.2. The summed E-state index contributed by atoms with van der Waals surface area (Å²) in [7, 11) is -3.60. The van der Waals surface area contributed by atoms with Crippen molar-refractivity contribution in [1.82, 2.24) is 5.09 Å². The van der Waals surface area contributed by atoms with E-state index in [2.05, 4.69) is 21.0 Å². The van der Waals surface area contributed by atoms with Crippen molar-refractivity contribution in [3.63, 3.8) is 0 Å². The smallest absolute Gasteiger partial charge is 0.405 e. The van der Waals surface area contributed by atoms with E-state index in [4.69, 9.17) is 9.05 Å². The van der Waals surface area contributed by atoms with Gasteiger partial charge in [0.25, 0.3) is 0 Å². The number of hydrogen-bond donors (Lipinski definition) is 1. The fourth-order valence-corrected chi connectivity index (χ4v) is 3.72. The maximum absolute atomic E-state index is 13.2. The average molecular weight is 418 g/mol. The number of halogens is 1. The molecule has 3 rings (SSSR count). The van der Waals surface area contributed by atoms with E-state index in [-0.39, 0.29) is 0 Å². The summed E-state index contributed by atoms with van der Waals surface area (Å²) in [6, 6.07) is 25.7. The Labute approximate surface area is 155 Å². The van der Waals surface area contributed by atoms with Crippen LogP contribution in [-0.2, 0) is 11.1 Å². The van der Waals surface area contributed by atoms with E-state index in [1.165, 1.54) is 0 Å². The first-order valence-electron chi connectivity index (χ1n) is 7.72. The fourth-order valence-electron chi connectivity index (χ4n) is 2.11. The molecule has 3 aromatic carbocycles. The minimum atomic E-state index is -3.60. The summed E-state index contributed by atoms with van der Waals surface area (Å²) in [5, 5.41) is 2.92. The highest BCUT2D eigenvalue weighted by molar-refractivity contribution is 9.10.